The summed E-state index contributed by atoms with van der Waals surface area (Å²) in [4.78, 5) is 0.766. The summed E-state index contributed by atoms with van der Waals surface area (Å²) in [5.41, 5.74) is 0. The van der Waals surface area contributed by atoms with Crippen molar-refractivity contribution in [3.05, 3.63) is 25.3 Å². The normalized spacial score (nSPS) is 14.9. The van der Waals surface area contributed by atoms with Crippen LogP contribution in [0.2, 0.25) is 0 Å². The van der Waals surface area contributed by atoms with Crippen molar-refractivity contribution in [3.8, 4) is 0 Å². The minimum Gasteiger partial charge on any atom is -0.379 e. The quantitative estimate of drug-likeness (QED) is 0.491. The summed E-state index contributed by atoms with van der Waals surface area (Å²) in [6.45, 7) is 8.79. The maximum Gasteiger partial charge on any atom is 0.0594 e. The fourth-order valence-electron chi connectivity index (χ4n) is 0.822. The van der Waals surface area contributed by atoms with E-state index in [1.54, 1.807) is 0 Å². The van der Waals surface area contributed by atoms with Gasteiger partial charge in [0, 0.05) is 9.65 Å². The average Bonchev–Trinajstić information content (AvgIpc) is 2.05. The number of allylic oxidation sites excluding steroid dienone is 2. The number of alkyl halides is 2. The zero-order valence-corrected chi connectivity index (χ0v) is 10.9. The minimum absolute atomic E-state index is 0.383. The van der Waals surface area contributed by atoms with Gasteiger partial charge in [-0.3, -0.25) is 0 Å². The van der Waals surface area contributed by atoms with E-state index in [2.05, 4.69) is 45.0 Å². The lowest BCUT2D eigenvalue weighted by Crippen LogP contribution is -2.13. The topological polar surface area (TPSA) is 9.23 Å². The van der Waals surface area contributed by atoms with E-state index in [0.717, 1.165) is 26.1 Å². The molecule has 76 valence electrons. The van der Waals surface area contributed by atoms with Crippen molar-refractivity contribution in [1.82, 2.24) is 0 Å². The lowest BCUT2D eigenvalue weighted by molar-refractivity contribution is 0.139. The molecule has 13 heavy (non-hydrogen) atoms. The van der Waals surface area contributed by atoms with Gasteiger partial charge in [-0.2, -0.15) is 0 Å². The smallest absolute Gasteiger partial charge is 0.0594 e. The van der Waals surface area contributed by atoms with Crippen molar-refractivity contribution in [2.24, 2.45) is 0 Å². The molecule has 3 heteroatoms. The van der Waals surface area contributed by atoms with E-state index >= 15 is 0 Å². The molecule has 0 aromatic heterocycles. The van der Waals surface area contributed by atoms with Crippen molar-refractivity contribution in [3.63, 3.8) is 0 Å². The van der Waals surface area contributed by atoms with E-state index in [1.165, 1.54) is 0 Å². The van der Waals surface area contributed by atoms with E-state index in [1.807, 2.05) is 12.2 Å². The van der Waals surface area contributed by atoms with E-state index in [9.17, 15) is 0 Å². The van der Waals surface area contributed by atoms with Crippen LogP contribution < -0.4 is 0 Å². The summed E-state index contributed by atoms with van der Waals surface area (Å²) in [5, 5.41) is 0. The van der Waals surface area contributed by atoms with Crippen LogP contribution in [0.25, 0.3) is 0 Å². The molecule has 0 fully saturated rings. The van der Waals surface area contributed by atoms with Gasteiger partial charge < -0.3 is 4.74 Å². The summed E-state index contributed by atoms with van der Waals surface area (Å²) in [7, 11) is 0. The van der Waals surface area contributed by atoms with Gasteiger partial charge in [0.05, 0.1) is 13.2 Å². The SMILES string of the molecule is C=CCC(Br)COCC(Br)CC=C. The Morgan fingerprint density at radius 3 is 1.69 bits per heavy atom. The second-order valence-electron chi connectivity index (χ2n) is 2.78. The first kappa shape index (κ1) is 13.4. The molecule has 0 aromatic carbocycles. The highest BCUT2D eigenvalue weighted by molar-refractivity contribution is 9.09. The van der Waals surface area contributed by atoms with E-state index in [0.29, 0.717) is 9.65 Å². The monoisotopic (exact) mass is 310 g/mol. The zero-order valence-electron chi connectivity index (χ0n) is 7.72. The Balaban J connectivity index is 3.32. The van der Waals surface area contributed by atoms with Crippen LogP contribution in [0.15, 0.2) is 25.3 Å². The van der Waals surface area contributed by atoms with E-state index in [-0.39, 0.29) is 0 Å². The summed E-state index contributed by atoms with van der Waals surface area (Å²) in [5.74, 6) is 0. The average molecular weight is 312 g/mol. The molecule has 0 N–H and O–H groups in total. The van der Waals surface area contributed by atoms with Gasteiger partial charge in [-0.25, -0.2) is 0 Å². The number of hydrogen-bond acceptors (Lipinski definition) is 1. The maximum atomic E-state index is 5.47. The summed E-state index contributed by atoms with van der Waals surface area (Å²) >= 11 is 6.99. The maximum absolute atomic E-state index is 5.47. The minimum atomic E-state index is 0.383. The van der Waals surface area contributed by atoms with Crippen LogP contribution >= 0.6 is 31.9 Å². The first-order valence-corrected chi connectivity index (χ1v) is 6.11. The third-order valence-corrected chi connectivity index (χ3v) is 2.72. The van der Waals surface area contributed by atoms with Gasteiger partial charge in [-0.05, 0) is 12.8 Å². The van der Waals surface area contributed by atoms with E-state index in [4.69, 9.17) is 4.74 Å². The van der Waals surface area contributed by atoms with Crippen molar-refractivity contribution >= 4 is 31.9 Å². The van der Waals surface area contributed by atoms with Crippen LogP contribution in [0.1, 0.15) is 12.8 Å². The number of halogens is 2. The second-order valence-corrected chi connectivity index (χ2v) is 5.37. The summed E-state index contributed by atoms with van der Waals surface area (Å²) < 4.78 is 5.47. The Hall–Kier alpha value is 0.400. The van der Waals surface area contributed by atoms with Gasteiger partial charge in [-0.15, -0.1) is 13.2 Å². The molecule has 2 atom stereocenters. The van der Waals surface area contributed by atoms with Crippen LogP contribution in [0.5, 0.6) is 0 Å². The number of rotatable bonds is 8. The molecule has 0 saturated carbocycles. The van der Waals surface area contributed by atoms with Crippen molar-refractivity contribution in [1.29, 1.82) is 0 Å². The molecule has 2 unspecified atom stereocenters. The molecule has 0 aliphatic rings. The molecule has 0 saturated heterocycles. The summed E-state index contributed by atoms with van der Waals surface area (Å²) in [6.07, 6.45) is 5.65. The first-order valence-electron chi connectivity index (χ1n) is 4.28. The Morgan fingerprint density at radius 2 is 1.38 bits per heavy atom. The van der Waals surface area contributed by atoms with Gasteiger partial charge >= 0.3 is 0 Å². The second kappa shape index (κ2) is 8.97. The highest BCUT2D eigenvalue weighted by Gasteiger charge is 2.04. The molecule has 0 heterocycles. The van der Waals surface area contributed by atoms with Crippen molar-refractivity contribution in [2.75, 3.05) is 13.2 Å². The largest absolute Gasteiger partial charge is 0.379 e. The highest BCUT2D eigenvalue weighted by Crippen LogP contribution is 2.09. The van der Waals surface area contributed by atoms with Crippen LogP contribution in [0.4, 0.5) is 0 Å². The third kappa shape index (κ3) is 8.72. The molecule has 0 rings (SSSR count). The Labute approximate surface area is 97.5 Å². The lowest BCUT2D eigenvalue weighted by Gasteiger charge is -2.10. The molecule has 0 spiro atoms. The third-order valence-electron chi connectivity index (χ3n) is 1.44. The molecule has 1 nitrogen and oxygen atoms in total. The Kier molecular flexibility index (Phi) is 9.25. The van der Waals surface area contributed by atoms with Crippen LogP contribution in [0.3, 0.4) is 0 Å². The van der Waals surface area contributed by atoms with Crippen LogP contribution in [0, 0.1) is 0 Å². The van der Waals surface area contributed by atoms with E-state index < -0.39 is 0 Å². The molecule has 0 aliphatic carbocycles. The standard InChI is InChI=1S/C10H16Br2O/c1-3-5-9(11)7-13-8-10(12)6-4-2/h3-4,9-10H,1-2,5-8H2. The molecule has 0 amide bonds. The van der Waals surface area contributed by atoms with Crippen LogP contribution in [-0.2, 0) is 4.74 Å². The van der Waals surface area contributed by atoms with Crippen molar-refractivity contribution < 1.29 is 4.74 Å². The highest BCUT2D eigenvalue weighted by atomic mass is 79.9. The predicted octanol–water partition coefficient (Wildman–Crippen LogP) is 3.68. The van der Waals surface area contributed by atoms with Gasteiger partial charge in [0.2, 0.25) is 0 Å². The molecule has 0 aliphatic heterocycles. The fraction of sp³-hybridized carbons (Fsp3) is 0.600. The predicted molar refractivity (Wildman–Crippen MR) is 65.9 cm³/mol. The molecular weight excluding hydrogens is 296 g/mol. The van der Waals surface area contributed by atoms with Crippen LogP contribution in [-0.4, -0.2) is 22.9 Å². The van der Waals surface area contributed by atoms with Gasteiger partial charge in [0.15, 0.2) is 0 Å². The molecular formula is C10H16Br2O. The number of ether oxygens (including phenoxy) is 1. The molecule has 0 bridgehead atoms. The fourth-order valence-corrected chi connectivity index (χ4v) is 1.72. The van der Waals surface area contributed by atoms with Gasteiger partial charge in [-0.1, -0.05) is 44.0 Å². The number of hydrogen-bond donors (Lipinski definition) is 0. The first-order chi connectivity index (χ1) is 6.20. The lowest BCUT2D eigenvalue weighted by atomic mass is 10.3. The molecule has 0 aromatic rings. The summed E-state index contributed by atoms with van der Waals surface area (Å²) in [6, 6.07) is 0. The molecule has 0 radical (unpaired) electrons. The van der Waals surface area contributed by atoms with Gasteiger partial charge in [0.1, 0.15) is 0 Å². The Bertz CT molecular complexity index is 132. The zero-order chi connectivity index (χ0) is 10.1. The van der Waals surface area contributed by atoms with Crippen molar-refractivity contribution in [2.45, 2.75) is 22.5 Å². The Morgan fingerprint density at radius 1 is 1.00 bits per heavy atom. The van der Waals surface area contributed by atoms with Gasteiger partial charge in [0.25, 0.3) is 0 Å².